The van der Waals surface area contributed by atoms with Gasteiger partial charge in [0.2, 0.25) is 6.29 Å². The van der Waals surface area contributed by atoms with E-state index in [1.807, 2.05) is 20.8 Å². The number of Topliss-reactive ketones (excluding diaryl/α,β-unsaturated/α-hetero) is 1. The van der Waals surface area contributed by atoms with Crippen LogP contribution in [0.15, 0.2) is 40.5 Å². The third kappa shape index (κ3) is 2.92. The maximum absolute atomic E-state index is 13.4. The molecule has 6 nitrogen and oxygen atoms in total. The van der Waals surface area contributed by atoms with Crippen LogP contribution in [-0.2, 0) is 24.1 Å². The van der Waals surface area contributed by atoms with E-state index in [2.05, 4.69) is 0 Å². The number of aliphatic hydroxyl groups is 1. The topological polar surface area (TPSA) is 89.9 Å². The Morgan fingerprint density at radius 2 is 1.85 bits per heavy atom. The Balaban J connectivity index is 1.79. The molecule has 1 aliphatic carbocycles. The molecule has 1 saturated heterocycles. The molecule has 4 atom stereocenters. The van der Waals surface area contributed by atoms with Crippen molar-refractivity contribution in [3.05, 3.63) is 41.2 Å². The van der Waals surface area contributed by atoms with Crippen molar-refractivity contribution in [3.63, 3.8) is 0 Å². The van der Waals surface area contributed by atoms with Gasteiger partial charge < -0.3 is 14.6 Å². The molecule has 4 rings (SSSR count). The lowest BCUT2D eigenvalue weighted by Gasteiger charge is -2.30. The van der Waals surface area contributed by atoms with Gasteiger partial charge in [0.15, 0.2) is 15.6 Å². The first-order valence-corrected chi connectivity index (χ1v) is 10.7. The average Bonchev–Trinajstić information content (AvgIpc) is 3.08. The highest BCUT2D eigenvalue weighted by atomic mass is 32.2. The number of aryl methyl sites for hydroxylation is 1. The molecule has 2 aliphatic heterocycles. The molecule has 0 radical (unpaired) electrons. The monoisotopic (exact) mass is 392 g/mol. The number of fused-ring (bicyclic) bond motifs is 2. The van der Waals surface area contributed by atoms with Crippen LogP contribution < -0.4 is 0 Å². The summed E-state index contributed by atoms with van der Waals surface area (Å²) in [5.41, 5.74) is 1.17. The summed E-state index contributed by atoms with van der Waals surface area (Å²) in [6, 6.07) is 6.59. The fourth-order valence-electron chi connectivity index (χ4n) is 4.44. The summed E-state index contributed by atoms with van der Waals surface area (Å²) in [6.07, 6.45) is -0.844. The second-order valence-corrected chi connectivity index (χ2v) is 10.6. The third-order valence-corrected chi connectivity index (χ3v) is 7.92. The summed E-state index contributed by atoms with van der Waals surface area (Å²) in [7, 11) is -3.83. The normalized spacial score (nSPS) is 32.2. The molecule has 0 unspecified atom stereocenters. The van der Waals surface area contributed by atoms with E-state index in [0.717, 1.165) is 5.56 Å². The number of carbonyl (C=O) groups is 1. The Labute approximate surface area is 159 Å². The van der Waals surface area contributed by atoms with Gasteiger partial charge in [-0.1, -0.05) is 31.5 Å². The van der Waals surface area contributed by atoms with Gasteiger partial charge in [0.25, 0.3) is 0 Å². The summed E-state index contributed by atoms with van der Waals surface area (Å²) >= 11 is 0. The predicted molar refractivity (Wildman–Crippen MR) is 97.5 cm³/mol. The Bertz CT molecular complexity index is 912. The number of benzene rings is 1. The van der Waals surface area contributed by atoms with Gasteiger partial charge in [-0.05, 0) is 24.5 Å². The molecular weight excluding hydrogens is 368 g/mol. The molecular formula is C20H24O6S. The van der Waals surface area contributed by atoms with E-state index in [9.17, 15) is 18.3 Å². The van der Waals surface area contributed by atoms with Gasteiger partial charge in [0.05, 0.1) is 17.4 Å². The van der Waals surface area contributed by atoms with E-state index < -0.39 is 40.0 Å². The number of sulfone groups is 1. The van der Waals surface area contributed by atoms with Gasteiger partial charge in [0, 0.05) is 18.4 Å². The minimum absolute atomic E-state index is 0.0833. The quantitative estimate of drug-likeness (QED) is 0.848. The number of aliphatic hydroxyl groups excluding tert-OH is 1. The first-order valence-electron chi connectivity index (χ1n) is 9.14. The zero-order chi connectivity index (χ0) is 19.6. The zero-order valence-electron chi connectivity index (χ0n) is 15.6. The molecule has 1 fully saturated rings. The van der Waals surface area contributed by atoms with Crippen molar-refractivity contribution in [2.24, 2.45) is 11.3 Å². The van der Waals surface area contributed by atoms with Crippen LogP contribution in [0.2, 0.25) is 0 Å². The number of ether oxygens (including phenoxy) is 2. The van der Waals surface area contributed by atoms with Crippen LogP contribution in [0.4, 0.5) is 0 Å². The lowest BCUT2D eigenvalue weighted by atomic mass is 9.74. The highest BCUT2D eigenvalue weighted by molar-refractivity contribution is 7.92. The molecule has 0 saturated carbocycles. The lowest BCUT2D eigenvalue weighted by Crippen LogP contribution is -2.40. The van der Waals surface area contributed by atoms with Crippen LogP contribution in [0.5, 0.6) is 0 Å². The molecule has 1 aromatic rings. The van der Waals surface area contributed by atoms with Crippen molar-refractivity contribution in [3.8, 4) is 0 Å². The smallest absolute Gasteiger partial charge is 0.208 e. The van der Waals surface area contributed by atoms with E-state index in [-0.39, 0.29) is 16.1 Å². The molecule has 27 heavy (non-hydrogen) atoms. The molecule has 7 heteroatoms. The molecule has 0 amide bonds. The van der Waals surface area contributed by atoms with Crippen LogP contribution in [-0.4, -0.2) is 43.6 Å². The average molecular weight is 392 g/mol. The minimum atomic E-state index is -3.83. The van der Waals surface area contributed by atoms with E-state index in [1.165, 1.54) is 0 Å². The zero-order valence-corrected chi connectivity index (χ0v) is 16.5. The molecule has 146 valence electrons. The van der Waals surface area contributed by atoms with Crippen molar-refractivity contribution in [1.29, 1.82) is 0 Å². The fraction of sp³-hybridized carbons (Fsp3) is 0.550. The third-order valence-electron chi connectivity index (χ3n) is 5.68. The number of hydrogen-bond acceptors (Lipinski definition) is 6. The number of carbonyl (C=O) groups excluding carboxylic acids is 1. The van der Waals surface area contributed by atoms with Gasteiger partial charge in [0.1, 0.15) is 17.1 Å². The van der Waals surface area contributed by atoms with Crippen LogP contribution in [0.3, 0.4) is 0 Å². The largest absolute Gasteiger partial charge is 0.468 e. The Kier molecular flexibility index (Phi) is 4.25. The molecule has 2 heterocycles. The van der Waals surface area contributed by atoms with Crippen molar-refractivity contribution in [1.82, 2.24) is 0 Å². The Hall–Kier alpha value is -1.70. The first-order chi connectivity index (χ1) is 12.6. The SMILES string of the molecule is Cc1ccc(S(=O)(=O)[C@H]2[C@@H]3C4=C(CC(C)(C)CC4=O)O[C@@H]3O[C@@H]2CO)cc1. The summed E-state index contributed by atoms with van der Waals surface area (Å²) < 4.78 is 38.4. The maximum atomic E-state index is 13.4. The van der Waals surface area contributed by atoms with Gasteiger partial charge in [-0.3, -0.25) is 4.79 Å². The fourth-order valence-corrected chi connectivity index (χ4v) is 6.47. The summed E-state index contributed by atoms with van der Waals surface area (Å²) in [5, 5.41) is 8.70. The number of ketones is 1. The molecule has 3 aliphatic rings. The maximum Gasteiger partial charge on any atom is 0.208 e. The number of rotatable bonds is 3. The predicted octanol–water partition coefficient (Wildman–Crippen LogP) is 2.14. The van der Waals surface area contributed by atoms with Crippen LogP contribution in [0.1, 0.15) is 32.3 Å². The van der Waals surface area contributed by atoms with Crippen LogP contribution in [0, 0.1) is 18.3 Å². The van der Waals surface area contributed by atoms with E-state index in [4.69, 9.17) is 9.47 Å². The molecule has 1 aromatic carbocycles. The van der Waals surface area contributed by atoms with E-state index >= 15 is 0 Å². The van der Waals surface area contributed by atoms with Crippen molar-refractivity contribution in [2.45, 2.75) is 56.2 Å². The van der Waals surface area contributed by atoms with Crippen LogP contribution >= 0.6 is 0 Å². The van der Waals surface area contributed by atoms with Crippen molar-refractivity contribution in [2.75, 3.05) is 6.61 Å². The van der Waals surface area contributed by atoms with E-state index in [0.29, 0.717) is 24.2 Å². The van der Waals surface area contributed by atoms with Gasteiger partial charge >= 0.3 is 0 Å². The number of hydrogen-bond donors (Lipinski definition) is 1. The lowest BCUT2D eigenvalue weighted by molar-refractivity contribution is -0.119. The molecule has 1 N–H and O–H groups in total. The summed E-state index contributed by atoms with van der Waals surface area (Å²) in [5.74, 6) is -0.237. The minimum Gasteiger partial charge on any atom is -0.468 e. The first kappa shape index (κ1) is 18.7. The van der Waals surface area contributed by atoms with Crippen LogP contribution in [0.25, 0.3) is 0 Å². The van der Waals surface area contributed by atoms with Crippen molar-refractivity contribution < 1.29 is 27.8 Å². The van der Waals surface area contributed by atoms with Gasteiger partial charge in [-0.2, -0.15) is 0 Å². The Morgan fingerprint density at radius 3 is 2.48 bits per heavy atom. The van der Waals surface area contributed by atoms with Gasteiger partial charge in [-0.15, -0.1) is 0 Å². The molecule has 0 bridgehead atoms. The number of allylic oxidation sites excluding steroid dienone is 1. The standard InChI is InChI=1S/C20H24O6S/c1-11-4-6-12(7-5-11)27(23,24)18-15(10-21)26-19-17(18)16-13(22)8-20(2,3)9-14(16)25-19/h4-7,15,17-19,21H,8-10H2,1-3H3/t15-,17+,18-,19-/m1/s1. The molecule has 0 aromatic heterocycles. The van der Waals surface area contributed by atoms with E-state index in [1.54, 1.807) is 24.3 Å². The van der Waals surface area contributed by atoms with Crippen molar-refractivity contribution >= 4 is 15.6 Å². The Morgan fingerprint density at radius 1 is 1.19 bits per heavy atom. The highest BCUT2D eigenvalue weighted by Gasteiger charge is 2.60. The highest BCUT2D eigenvalue weighted by Crippen LogP contribution is 2.51. The second kappa shape index (κ2) is 6.15. The second-order valence-electron chi connectivity index (χ2n) is 8.47. The molecule has 0 spiro atoms. The van der Waals surface area contributed by atoms with Gasteiger partial charge in [-0.25, -0.2) is 8.42 Å². The summed E-state index contributed by atoms with van der Waals surface area (Å²) in [4.78, 5) is 13.0. The summed E-state index contributed by atoms with van der Waals surface area (Å²) in [6.45, 7) is 5.41.